The van der Waals surface area contributed by atoms with Crippen LogP contribution in [-0.2, 0) is 5.32 Å². The molecule has 0 radical (unpaired) electrons. The summed E-state index contributed by atoms with van der Waals surface area (Å²) in [5, 5.41) is 2.77. The van der Waals surface area contributed by atoms with E-state index >= 15 is 0 Å². The number of hydrogen-bond donors (Lipinski definition) is 0. The summed E-state index contributed by atoms with van der Waals surface area (Å²) in [7, 11) is 0. The van der Waals surface area contributed by atoms with Crippen molar-refractivity contribution in [2.45, 2.75) is 85.7 Å². The molecule has 0 aliphatic heterocycles. The molecule has 0 atom stereocenters. The Kier molecular flexibility index (Phi) is 12.0. The van der Waals surface area contributed by atoms with Gasteiger partial charge in [-0.25, -0.2) is 0 Å². The summed E-state index contributed by atoms with van der Waals surface area (Å²) in [6.45, 7) is 4.64. The van der Waals surface area contributed by atoms with Gasteiger partial charge in [0, 0.05) is 0 Å². The number of hydrogen-bond acceptors (Lipinski definition) is 0. The second-order valence-electron chi connectivity index (χ2n) is 6.35. The zero-order valence-electron chi connectivity index (χ0n) is 14.5. The summed E-state index contributed by atoms with van der Waals surface area (Å²) in [6.07, 6.45) is 12.7. The van der Waals surface area contributed by atoms with E-state index in [1.807, 2.05) is 0 Å². The predicted molar refractivity (Wildman–Crippen MR) is 110 cm³/mol. The van der Waals surface area contributed by atoms with Crippen LogP contribution in [0.1, 0.15) is 77.2 Å². The second-order valence-corrected chi connectivity index (χ2v) is 11.0. The summed E-state index contributed by atoms with van der Waals surface area (Å²) >= 11 is 3.59. The van der Waals surface area contributed by atoms with E-state index in [4.69, 9.17) is 0 Å². The Balaban J connectivity index is 2.16. The van der Waals surface area contributed by atoms with Crippen LogP contribution in [0.25, 0.3) is 0 Å². The van der Waals surface area contributed by atoms with Gasteiger partial charge in [-0.05, 0) is 0 Å². The normalized spacial score (nSPS) is 11.8. The van der Waals surface area contributed by atoms with E-state index in [-0.39, 0.29) is 0 Å². The van der Waals surface area contributed by atoms with E-state index in [2.05, 4.69) is 66.8 Å². The minimum atomic E-state index is 0.593. The molecule has 0 heterocycles. The van der Waals surface area contributed by atoms with Crippen molar-refractivity contribution in [3.05, 3.63) is 35.9 Å². The Morgan fingerprint density at radius 2 is 1.45 bits per heavy atom. The molecule has 0 saturated heterocycles. The Bertz CT molecular complexity index is 355. The molecule has 2 heteroatoms. The van der Waals surface area contributed by atoms with Gasteiger partial charge in [0.2, 0.25) is 0 Å². The van der Waals surface area contributed by atoms with Crippen molar-refractivity contribution in [2.75, 3.05) is 0 Å². The number of alkyl halides is 1. The minimum absolute atomic E-state index is 0.593. The van der Waals surface area contributed by atoms with E-state index < -0.39 is 0 Å². The van der Waals surface area contributed by atoms with E-state index in [1.54, 1.807) is 0 Å². The summed E-state index contributed by atoms with van der Waals surface area (Å²) in [5.74, 6) is 0. The topological polar surface area (TPSA) is 0 Å². The molecule has 22 heavy (non-hydrogen) atoms. The van der Waals surface area contributed by atoms with Crippen molar-refractivity contribution in [1.29, 1.82) is 0 Å². The number of rotatable bonds is 13. The first-order chi connectivity index (χ1) is 10.7. The third-order valence-corrected chi connectivity index (χ3v) is 8.19. The predicted octanol–water partition coefficient (Wildman–Crippen LogP) is 7.03. The van der Waals surface area contributed by atoms with Crippen molar-refractivity contribution in [3.63, 3.8) is 0 Å². The van der Waals surface area contributed by atoms with Gasteiger partial charge in [0.25, 0.3) is 0 Å². The summed E-state index contributed by atoms with van der Waals surface area (Å²) in [5.41, 5.74) is 1.52. The molecule has 126 valence electrons. The van der Waals surface area contributed by atoms with Crippen LogP contribution in [0.2, 0.25) is 5.32 Å². The monoisotopic (exact) mass is 480 g/mol. The molecule has 0 N–H and O–H groups in total. The SMILES string of the molecule is CCCCC(I)(CCCC)CCCC[Se]Cc1ccccc1. The van der Waals surface area contributed by atoms with Crippen molar-refractivity contribution >= 4 is 37.5 Å². The first kappa shape index (κ1) is 20.5. The molecule has 0 aliphatic carbocycles. The molecule has 1 aromatic carbocycles. The average Bonchev–Trinajstić information content (AvgIpc) is 2.55. The van der Waals surface area contributed by atoms with Gasteiger partial charge < -0.3 is 0 Å². The maximum absolute atomic E-state index is 2.80. The van der Waals surface area contributed by atoms with Gasteiger partial charge >= 0.3 is 159 Å². The van der Waals surface area contributed by atoms with Crippen molar-refractivity contribution < 1.29 is 0 Å². The van der Waals surface area contributed by atoms with Gasteiger partial charge in [0.1, 0.15) is 0 Å². The molecular formula is C20H33ISe. The van der Waals surface area contributed by atoms with Gasteiger partial charge in [-0.2, -0.15) is 0 Å². The van der Waals surface area contributed by atoms with Crippen LogP contribution in [-0.4, -0.2) is 18.4 Å². The van der Waals surface area contributed by atoms with Crippen molar-refractivity contribution in [1.82, 2.24) is 0 Å². The van der Waals surface area contributed by atoms with Crippen LogP contribution in [0.5, 0.6) is 0 Å². The Labute approximate surface area is 158 Å². The summed E-state index contributed by atoms with van der Waals surface area (Å²) < 4.78 is 0.593. The van der Waals surface area contributed by atoms with Crippen molar-refractivity contribution in [3.8, 4) is 0 Å². The molecular weight excluding hydrogens is 446 g/mol. The zero-order chi connectivity index (χ0) is 16.1. The van der Waals surface area contributed by atoms with Crippen LogP contribution >= 0.6 is 22.6 Å². The van der Waals surface area contributed by atoms with Gasteiger partial charge in [0.15, 0.2) is 0 Å². The van der Waals surface area contributed by atoms with Crippen LogP contribution in [0.15, 0.2) is 30.3 Å². The molecule has 0 bridgehead atoms. The number of halogens is 1. The quantitative estimate of drug-likeness (QED) is 0.123. The zero-order valence-corrected chi connectivity index (χ0v) is 18.3. The van der Waals surface area contributed by atoms with E-state index in [1.165, 1.54) is 74.0 Å². The van der Waals surface area contributed by atoms with E-state index in [0.29, 0.717) is 3.42 Å². The van der Waals surface area contributed by atoms with Gasteiger partial charge in [-0.15, -0.1) is 0 Å². The Morgan fingerprint density at radius 3 is 2.05 bits per heavy atom. The summed E-state index contributed by atoms with van der Waals surface area (Å²) in [6, 6.07) is 11.0. The van der Waals surface area contributed by atoms with Crippen molar-refractivity contribution in [2.24, 2.45) is 0 Å². The molecule has 1 rings (SSSR count). The molecule has 0 aromatic heterocycles. The Morgan fingerprint density at radius 1 is 0.864 bits per heavy atom. The molecule has 0 aliphatic rings. The molecule has 0 amide bonds. The standard InChI is InChI=1S/C20H33ISe/c1-3-5-14-20(21,15-6-4-2)16-10-11-17-22-18-19-12-8-7-9-13-19/h7-9,12-13H,3-6,10-11,14-18H2,1-2H3. The first-order valence-electron chi connectivity index (χ1n) is 9.01. The first-order valence-corrected chi connectivity index (χ1v) is 12.5. The Hall–Kier alpha value is 0.469. The van der Waals surface area contributed by atoms with Gasteiger partial charge in [0.05, 0.1) is 0 Å². The third-order valence-electron chi connectivity index (χ3n) is 4.23. The number of unbranched alkanes of at least 4 members (excludes halogenated alkanes) is 3. The molecule has 0 nitrogen and oxygen atoms in total. The van der Waals surface area contributed by atoms with Crippen LogP contribution in [0, 0.1) is 0 Å². The van der Waals surface area contributed by atoms with E-state index in [0.717, 1.165) is 15.0 Å². The molecule has 0 spiro atoms. The fourth-order valence-corrected chi connectivity index (χ4v) is 5.97. The van der Waals surface area contributed by atoms with Crippen LogP contribution in [0.4, 0.5) is 0 Å². The average molecular weight is 479 g/mol. The maximum atomic E-state index is 2.80. The van der Waals surface area contributed by atoms with Crippen LogP contribution in [0.3, 0.4) is 0 Å². The molecule has 0 unspecified atom stereocenters. The second kappa shape index (κ2) is 12.8. The molecule has 0 saturated carbocycles. The molecule has 1 aromatic rings. The van der Waals surface area contributed by atoms with Gasteiger partial charge in [-0.3, -0.25) is 0 Å². The fourth-order valence-electron chi connectivity index (χ4n) is 2.77. The van der Waals surface area contributed by atoms with Crippen LogP contribution < -0.4 is 0 Å². The van der Waals surface area contributed by atoms with E-state index in [9.17, 15) is 0 Å². The van der Waals surface area contributed by atoms with Gasteiger partial charge in [-0.1, -0.05) is 0 Å². The number of benzene rings is 1. The fraction of sp³-hybridized carbons (Fsp3) is 0.700. The molecule has 0 fully saturated rings. The third kappa shape index (κ3) is 9.57. The summed E-state index contributed by atoms with van der Waals surface area (Å²) in [4.78, 5) is 0.